The first-order valence-corrected chi connectivity index (χ1v) is 2.25. The Morgan fingerprint density at radius 2 is 2.00 bits per heavy atom. The molecule has 0 bridgehead atoms. The second kappa shape index (κ2) is 1.34. The topological polar surface area (TPSA) is 40.1 Å². The molecule has 0 aromatic carbocycles. The summed E-state index contributed by atoms with van der Waals surface area (Å²) in [5.74, 6) is 0. The van der Waals surface area contributed by atoms with E-state index in [2.05, 4.69) is 0 Å². The molecule has 0 saturated carbocycles. The van der Waals surface area contributed by atoms with Crippen LogP contribution in [0.2, 0.25) is 0 Å². The van der Waals surface area contributed by atoms with Crippen LogP contribution in [0.15, 0.2) is 0 Å². The minimum atomic E-state index is -0.958. The number of hydrogen-bond donors (Lipinski definition) is 0. The Hall–Kier alpha value is 0.0129. The van der Waals surface area contributed by atoms with Gasteiger partial charge in [0.05, 0.1) is 0 Å². The van der Waals surface area contributed by atoms with Crippen molar-refractivity contribution in [1.29, 1.82) is 0 Å². The fraction of sp³-hybridized carbons (Fsp3) is 0. The van der Waals surface area contributed by atoms with Crippen LogP contribution in [0.4, 0.5) is 4.79 Å². The van der Waals surface area contributed by atoms with Gasteiger partial charge in [-0.25, -0.2) is 0 Å². The van der Waals surface area contributed by atoms with E-state index in [1.54, 1.807) is 0 Å². The molecule has 0 spiro atoms. The van der Waals surface area contributed by atoms with E-state index in [1.807, 2.05) is 0 Å². The Morgan fingerprint density at radius 1 is 2.00 bits per heavy atom. The van der Waals surface area contributed by atoms with Crippen molar-refractivity contribution in [3.05, 3.63) is 0 Å². The van der Waals surface area contributed by atoms with Gasteiger partial charge in [0, 0.05) is 0 Å². The van der Waals surface area contributed by atoms with Crippen LogP contribution in [-0.2, 0) is 0 Å². The predicted molar refractivity (Wildman–Crippen MR) is 13.9 cm³/mol. The SMILES string of the molecule is O=[C]([O-])[GeH2+]. The number of hydrogen-bond acceptors (Lipinski definition) is 2. The van der Waals surface area contributed by atoms with Crippen molar-refractivity contribution in [2.45, 2.75) is 0 Å². The third-order valence-corrected chi connectivity index (χ3v) is 0. The summed E-state index contributed by atoms with van der Waals surface area (Å²) in [5.41, 5.74) is 0. The van der Waals surface area contributed by atoms with E-state index >= 15 is 0 Å². The van der Waals surface area contributed by atoms with Crippen LogP contribution >= 0.6 is 0 Å². The number of rotatable bonds is 0. The standard InChI is InChI=1S/CH2GeO2/c2-1(3)4/h2H2. The van der Waals surface area contributed by atoms with Crippen molar-refractivity contribution in [2.24, 2.45) is 0 Å². The Kier molecular flexibility index (Phi) is 1.35. The van der Waals surface area contributed by atoms with E-state index in [0.717, 1.165) is 0 Å². The zero-order valence-corrected chi connectivity index (χ0v) is 4.99. The fourth-order valence-corrected chi connectivity index (χ4v) is 0. The summed E-state index contributed by atoms with van der Waals surface area (Å²) >= 11 is 0.236. The summed E-state index contributed by atoms with van der Waals surface area (Å²) in [6.07, 6.45) is 0. The maximum atomic E-state index is 8.94. The van der Waals surface area contributed by atoms with Crippen LogP contribution in [0, 0.1) is 0 Å². The van der Waals surface area contributed by atoms with Crippen LogP contribution in [-0.4, -0.2) is 21.3 Å². The quantitative estimate of drug-likeness (QED) is 0.344. The molecule has 0 N–H and O–H groups in total. The number of carboxylic acid groups (broad SMARTS) is 1. The zero-order chi connectivity index (χ0) is 3.58. The molecule has 0 aromatic heterocycles. The first-order chi connectivity index (χ1) is 1.73. The first kappa shape index (κ1) is 4.01. The molecule has 0 fully saturated rings. The molecule has 0 aromatic rings. The third kappa shape index (κ3) is 12500. The molecule has 4 heavy (non-hydrogen) atoms. The Morgan fingerprint density at radius 3 is 2.00 bits per heavy atom. The molecule has 0 heterocycles. The van der Waals surface area contributed by atoms with Crippen molar-refractivity contribution < 1.29 is 9.90 Å². The molecule has 0 rings (SSSR count). The second-order valence-electron chi connectivity index (χ2n) is 0.372. The first-order valence-electron chi connectivity index (χ1n) is 0.762. The predicted octanol–water partition coefficient (Wildman–Crippen LogP) is -2.04. The molecule has 2 nitrogen and oxygen atoms in total. The molecule has 0 amide bonds. The van der Waals surface area contributed by atoms with Gasteiger partial charge < -0.3 is 0 Å². The van der Waals surface area contributed by atoms with Gasteiger partial charge >= 0.3 is 31.2 Å². The molecular weight excluding hydrogens is 117 g/mol. The number of carbonyl (C=O) groups is 1. The van der Waals surface area contributed by atoms with Crippen LogP contribution in [0.1, 0.15) is 0 Å². The van der Waals surface area contributed by atoms with Gasteiger partial charge in [0.15, 0.2) is 0 Å². The van der Waals surface area contributed by atoms with Crippen LogP contribution < -0.4 is 5.11 Å². The zero-order valence-electron chi connectivity index (χ0n) is 2.02. The van der Waals surface area contributed by atoms with E-state index in [9.17, 15) is 0 Å². The summed E-state index contributed by atoms with van der Waals surface area (Å²) in [7, 11) is 0. The molecule has 3 heteroatoms. The van der Waals surface area contributed by atoms with Crippen molar-refractivity contribution >= 4 is 21.3 Å². The van der Waals surface area contributed by atoms with Crippen molar-refractivity contribution in [1.82, 2.24) is 0 Å². The molecule has 0 atom stereocenters. The Bertz CT molecular complexity index is 29.0. The molecule has 0 aliphatic heterocycles. The Balaban J connectivity index is 2.80. The average molecular weight is 119 g/mol. The molecule has 0 aliphatic carbocycles. The van der Waals surface area contributed by atoms with Gasteiger partial charge in [0.1, 0.15) is 0 Å². The monoisotopic (exact) mass is 120 g/mol. The van der Waals surface area contributed by atoms with E-state index in [-0.39, 0.29) is 16.5 Å². The van der Waals surface area contributed by atoms with Crippen LogP contribution in [0.5, 0.6) is 0 Å². The molecule has 22 valence electrons. The van der Waals surface area contributed by atoms with E-state index in [1.165, 1.54) is 0 Å². The van der Waals surface area contributed by atoms with Gasteiger partial charge in [0.2, 0.25) is 0 Å². The summed E-state index contributed by atoms with van der Waals surface area (Å²) in [6, 6.07) is 0. The third-order valence-electron chi connectivity index (χ3n) is 0. The summed E-state index contributed by atoms with van der Waals surface area (Å²) in [5, 5.41) is 8.94. The molecule has 0 saturated heterocycles. The van der Waals surface area contributed by atoms with E-state index in [0.29, 0.717) is 0 Å². The van der Waals surface area contributed by atoms with Gasteiger partial charge in [-0.05, 0) is 0 Å². The van der Waals surface area contributed by atoms with Crippen molar-refractivity contribution in [2.75, 3.05) is 0 Å². The van der Waals surface area contributed by atoms with Gasteiger partial charge in [-0.3, -0.25) is 0 Å². The van der Waals surface area contributed by atoms with Gasteiger partial charge in [-0.15, -0.1) is 0 Å². The average Bonchev–Trinajstić information content (AvgIpc) is 0.811. The van der Waals surface area contributed by atoms with Gasteiger partial charge in [-0.1, -0.05) is 0 Å². The van der Waals surface area contributed by atoms with Crippen LogP contribution in [0.3, 0.4) is 0 Å². The summed E-state index contributed by atoms with van der Waals surface area (Å²) < 4.78 is 0. The van der Waals surface area contributed by atoms with Gasteiger partial charge in [0.25, 0.3) is 0 Å². The normalized spacial score (nSPS) is 6.00. The van der Waals surface area contributed by atoms with Gasteiger partial charge in [-0.2, -0.15) is 0 Å². The van der Waals surface area contributed by atoms with Crippen molar-refractivity contribution in [3.63, 3.8) is 0 Å². The Labute approximate surface area is 32.0 Å². The van der Waals surface area contributed by atoms with E-state index < -0.39 is 4.80 Å². The van der Waals surface area contributed by atoms with Crippen molar-refractivity contribution in [3.8, 4) is 0 Å². The summed E-state index contributed by atoms with van der Waals surface area (Å²) in [4.78, 5) is 7.99. The molecule has 0 radical (unpaired) electrons. The van der Waals surface area contributed by atoms with E-state index in [4.69, 9.17) is 9.90 Å². The second-order valence-corrected chi connectivity index (χ2v) is 1.58. The maximum absolute atomic E-state index is 8.94. The minimum absolute atomic E-state index is 0.236. The number of carbonyl (C=O) groups excluding carboxylic acids is 1. The molecule has 0 aliphatic rings. The summed E-state index contributed by atoms with van der Waals surface area (Å²) in [6.45, 7) is 0. The fourth-order valence-electron chi connectivity index (χ4n) is 0. The molecular formula is CH2GeO2. The van der Waals surface area contributed by atoms with Crippen LogP contribution in [0.25, 0.3) is 0 Å². The molecule has 0 unspecified atom stereocenters.